The highest BCUT2D eigenvalue weighted by atomic mass is 19.1. The number of carbonyl (C=O) groups is 1. The highest BCUT2D eigenvalue weighted by Crippen LogP contribution is 2.17. The molecule has 1 aliphatic heterocycles. The highest BCUT2D eigenvalue weighted by Gasteiger charge is 2.28. The van der Waals surface area contributed by atoms with Crippen molar-refractivity contribution in [3.8, 4) is 0 Å². The second-order valence-corrected chi connectivity index (χ2v) is 4.39. The zero-order valence-electron chi connectivity index (χ0n) is 9.60. The third-order valence-electron chi connectivity index (χ3n) is 3.24. The van der Waals surface area contributed by atoms with E-state index in [0.29, 0.717) is 5.56 Å². The third-order valence-corrected chi connectivity index (χ3v) is 3.24. The van der Waals surface area contributed by atoms with E-state index in [4.69, 9.17) is 0 Å². The third kappa shape index (κ3) is 2.82. The maximum absolute atomic E-state index is 13.5. The van der Waals surface area contributed by atoms with Crippen LogP contribution in [0, 0.1) is 5.82 Å². The van der Waals surface area contributed by atoms with E-state index < -0.39 is 12.0 Å². The van der Waals surface area contributed by atoms with Crippen LogP contribution in [-0.2, 0) is 11.2 Å². The predicted octanol–water partition coefficient (Wildman–Crippen LogP) is 1.92. The lowest BCUT2D eigenvalue weighted by atomic mass is 10.0. The molecule has 1 aromatic rings. The van der Waals surface area contributed by atoms with Crippen molar-refractivity contribution in [1.82, 2.24) is 4.90 Å². The maximum Gasteiger partial charge on any atom is 0.321 e. The minimum atomic E-state index is -0.866. The van der Waals surface area contributed by atoms with E-state index in [2.05, 4.69) is 0 Å². The Morgan fingerprint density at radius 2 is 2.00 bits per heavy atom. The number of aliphatic carboxylic acids is 1. The smallest absolute Gasteiger partial charge is 0.321 e. The van der Waals surface area contributed by atoms with Crippen LogP contribution >= 0.6 is 0 Å². The molecule has 1 atom stereocenters. The van der Waals surface area contributed by atoms with E-state index >= 15 is 0 Å². The van der Waals surface area contributed by atoms with Crippen molar-refractivity contribution in [1.29, 1.82) is 0 Å². The molecule has 17 heavy (non-hydrogen) atoms. The van der Waals surface area contributed by atoms with Crippen molar-refractivity contribution < 1.29 is 14.3 Å². The quantitative estimate of drug-likeness (QED) is 0.869. The van der Waals surface area contributed by atoms with Crippen LogP contribution in [0.2, 0.25) is 0 Å². The molecule has 4 heteroatoms. The normalized spacial score (nSPS) is 18.2. The average molecular weight is 237 g/mol. The molecular weight excluding hydrogens is 221 g/mol. The molecule has 1 fully saturated rings. The van der Waals surface area contributed by atoms with Gasteiger partial charge in [-0.25, -0.2) is 4.39 Å². The molecule has 1 aliphatic rings. The molecule has 0 saturated carbocycles. The molecule has 1 heterocycles. The Morgan fingerprint density at radius 3 is 2.59 bits per heavy atom. The Hall–Kier alpha value is -1.42. The van der Waals surface area contributed by atoms with Gasteiger partial charge in [-0.1, -0.05) is 18.2 Å². The number of carboxylic acids is 1. The van der Waals surface area contributed by atoms with Crippen molar-refractivity contribution in [2.45, 2.75) is 25.3 Å². The van der Waals surface area contributed by atoms with Crippen LogP contribution < -0.4 is 0 Å². The Bertz CT molecular complexity index is 402. The summed E-state index contributed by atoms with van der Waals surface area (Å²) < 4.78 is 13.5. The Labute approximate surface area is 99.9 Å². The number of likely N-dealkylation sites (tertiary alicyclic amines) is 1. The number of rotatable bonds is 4. The standard InChI is InChI=1S/C13H16FNO2/c14-11-6-2-1-5-10(11)9-12(13(16)17)15-7-3-4-8-15/h1-2,5-6,12H,3-4,7-9H2,(H,16,17)/t12-/m0/s1. The molecular formula is C13H16FNO2. The van der Waals surface area contributed by atoms with E-state index in [1.807, 2.05) is 4.90 Å². The predicted molar refractivity (Wildman–Crippen MR) is 62.3 cm³/mol. The van der Waals surface area contributed by atoms with E-state index in [0.717, 1.165) is 25.9 Å². The first-order valence-electron chi connectivity index (χ1n) is 5.89. The van der Waals surface area contributed by atoms with E-state index in [-0.39, 0.29) is 12.2 Å². The lowest BCUT2D eigenvalue weighted by molar-refractivity contribution is -0.142. The van der Waals surface area contributed by atoms with Gasteiger partial charge in [0, 0.05) is 6.42 Å². The molecule has 0 amide bonds. The van der Waals surface area contributed by atoms with Crippen LogP contribution in [0.1, 0.15) is 18.4 Å². The molecule has 1 aromatic carbocycles. The van der Waals surface area contributed by atoms with E-state index in [1.165, 1.54) is 6.07 Å². The minimum Gasteiger partial charge on any atom is -0.480 e. The van der Waals surface area contributed by atoms with Gasteiger partial charge in [-0.15, -0.1) is 0 Å². The summed E-state index contributed by atoms with van der Waals surface area (Å²) in [6.07, 6.45) is 2.30. The van der Waals surface area contributed by atoms with Gasteiger partial charge in [0.05, 0.1) is 0 Å². The Kier molecular flexibility index (Phi) is 3.74. The van der Waals surface area contributed by atoms with Crippen molar-refractivity contribution >= 4 is 5.97 Å². The summed E-state index contributed by atoms with van der Waals surface area (Å²) in [4.78, 5) is 13.2. The van der Waals surface area contributed by atoms with Crippen LogP contribution in [0.5, 0.6) is 0 Å². The zero-order chi connectivity index (χ0) is 12.3. The molecule has 3 nitrogen and oxygen atoms in total. The van der Waals surface area contributed by atoms with Gasteiger partial charge < -0.3 is 5.11 Å². The second kappa shape index (κ2) is 5.27. The van der Waals surface area contributed by atoms with E-state index in [1.54, 1.807) is 18.2 Å². The fraction of sp³-hybridized carbons (Fsp3) is 0.462. The van der Waals surface area contributed by atoms with Gasteiger partial charge in [-0.3, -0.25) is 9.69 Å². The molecule has 0 radical (unpaired) electrons. The van der Waals surface area contributed by atoms with Crippen LogP contribution in [-0.4, -0.2) is 35.1 Å². The topological polar surface area (TPSA) is 40.5 Å². The SMILES string of the molecule is O=C(O)[C@H](Cc1ccccc1F)N1CCCC1. The molecule has 1 N–H and O–H groups in total. The van der Waals surface area contributed by atoms with E-state index in [9.17, 15) is 14.3 Å². The summed E-state index contributed by atoms with van der Waals surface area (Å²) in [5.74, 6) is -1.19. The molecule has 0 spiro atoms. The lowest BCUT2D eigenvalue weighted by Crippen LogP contribution is -2.41. The number of carboxylic acid groups (broad SMARTS) is 1. The molecule has 92 valence electrons. The summed E-state index contributed by atoms with van der Waals surface area (Å²) in [7, 11) is 0. The fourth-order valence-corrected chi connectivity index (χ4v) is 2.30. The number of hydrogen-bond donors (Lipinski definition) is 1. The maximum atomic E-state index is 13.5. The fourth-order valence-electron chi connectivity index (χ4n) is 2.30. The lowest BCUT2D eigenvalue weighted by Gasteiger charge is -2.23. The summed E-state index contributed by atoms with van der Waals surface area (Å²) in [6.45, 7) is 1.59. The molecule has 0 unspecified atom stereocenters. The first-order chi connectivity index (χ1) is 8.18. The van der Waals surface area contributed by atoms with Gasteiger partial charge in [0.1, 0.15) is 11.9 Å². The van der Waals surface area contributed by atoms with Gasteiger partial charge in [-0.2, -0.15) is 0 Å². The van der Waals surface area contributed by atoms with Gasteiger partial charge in [-0.05, 0) is 37.6 Å². The van der Waals surface area contributed by atoms with Crippen LogP contribution in [0.4, 0.5) is 4.39 Å². The van der Waals surface area contributed by atoms with Crippen molar-refractivity contribution in [3.63, 3.8) is 0 Å². The van der Waals surface area contributed by atoms with Gasteiger partial charge in [0.2, 0.25) is 0 Å². The summed E-state index contributed by atoms with van der Waals surface area (Å²) in [5.41, 5.74) is 0.479. The van der Waals surface area contributed by atoms with Gasteiger partial charge in [0.15, 0.2) is 0 Å². The molecule has 0 bridgehead atoms. The van der Waals surface area contributed by atoms with Gasteiger partial charge >= 0.3 is 5.97 Å². The summed E-state index contributed by atoms with van der Waals surface area (Å²) in [5, 5.41) is 9.22. The zero-order valence-corrected chi connectivity index (χ0v) is 9.60. The Balaban J connectivity index is 2.12. The molecule has 0 aromatic heterocycles. The molecule has 0 aliphatic carbocycles. The average Bonchev–Trinajstić information content (AvgIpc) is 2.81. The molecule has 2 rings (SSSR count). The highest BCUT2D eigenvalue weighted by molar-refractivity contribution is 5.74. The number of benzene rings is 1. The second-order valence-electron chi connectivity index (χ2n) is 4.39. The Morgan fingerprint density at radius 1 is 1.35 bits per heavy atom. The first-order valence-corrected chi connectivity index (χ1v) is 5.89. The number of hydrogen-bond acceptors (Lipinski definition) is 2. The van der Waals surface area contributed by atoms with Gasteiger partial charge in [0.25, 0.3) is 0 Å². The summed E-state index contributed by atoms with van der Waals surface area (Å²) in [6, 6.07) is 5.78. The largest absolute Gasteiger partial charge is 0.480 e. The van der Waals surface area contributed by atoms with Crippen LogP contribution in [0.3, 0.4) is 0 Å². The molecule has 1 saturated heterocycles. The van der Waals surface area contributed by atoms with Crippen molar-refractivity contribution in [3.05, 3.63) is 35.6 Å². The van der Waals surface area contributed by atoms with Crippen molar-refractivity contribution in [2.75, 3.05) is 13.1 Å². The minimum absolute atomic E-state index is 0.238. The number of halogens is 1. The summed E-state index contributed by atoms with van der Waals surface area (Å²) >= 11 is 0. The first kappa shape index (κ1) is 12.0. The number of nitrogens with zero attached hydrogens (tertiary/aromatic N) is 1. The van der Waals surface area contributed by atoms with Crippen LogP contribution in [0.25, 0.3) is 0 Å². The van der Waals surface area contributed by atoms with Crippen LogP contribution in [0.15, 0.2) is 24.3 Å². The monoisotopic (exact) mass is 237 g/mol. The van der Waals surface area contributed by atoms with Crippen molar-refractivity contribution in [2.24, 2.45) is 0 Å².